The minimum atomic E-state index is -0.254. The highest BCUT2D eigenvalue weighted by molar-refractivity contribution is 5.81. The molecule has 2 nitrogen and oxygen atoms in total. The number of carbonyl (C=O) groups excluding carboxylic acids is 1. The molecule has 0 fully saturated rings. The standard InChI is InChI=1S/C15H23NO/c1-11-6-5-7-12(2)14(11)10-13(17)8-9-15(3,4)16/h5-7H,8-10,16H2,1-4H3. The maximum Gasteiger partial charge on any atom is 0.137 e. The smallest absolute Gasteiger partial charge is 0.137 e. The van der Waals surface area contributed by atoms with Gasteiger partial charge in [-0.1, -0.05) is 18.2 Å². The van der Waals surface area contributed by atoms with E-state index in [1.165, 1.54) is 16.7 Å². The number of benzene rings is 1. The van der Waals surface area contributed by atoms with E-state index in [0.717, 1.165) is 6.42 Å². The maximum absolute atomic E-state index is 11.9. The molecule has 0 atom stereocenters. The van der Waals surface area contributed by atoms with Gasteiger partial charge in [0, 0.05) is 18.4 Å². The summed E-state index contributed by atoms with van der Waals surface area (Å²) < 4.78 is 0. The van der Waals surface area contributed by atoms with Gasteiger partial charge in [-0.15, -0.1) is 0 Å². The van der Waals surface area contributed by atoms with E-state index in [0.29, 0.717) is 12.8 Å². The van der Waals surface area contributed by atoms with Gasteiger partial charge in [0.05, 0.1) is 0 Å². The molecule has 0 unspecified atom stereocenters. The molecule has 0 aliphatic heterocycles. The van der Waals surface area contributed by atoms with Crippen LogP contribution in [0.25, 0.3) is 0 Å². The first-order chi connectivity index (χ1) is 7.79. The van der Waals surface area contributed by atoms with Crippen molar-refractivity contribution in [1.82, 2.24) is 0 Å². The Labute approximate surface area is 104 Å². The van der Waals surface area contributed by atoms with E-state index < -0.39 is 0 Å². The Kier molecular flexibility index (Phi) is 4.47. The maximum atomic E-state index is 11.9. The number of nitrogens with two attached hydrogens (primary N) is 1. The Morgan fingerprint density at radius 1 is 1.24 bits per heavy atom. The Morgan fingerprint density at radius 2 is 1.76 bits per heavy atom. The van der Waals surface area contributed by atoms with Crippen molar-refractivity contribution in [3.8, 4) is 0 Å². The summed E-state index contributed by atoms with van der Waals surface area (Å²) in [4.78, 5) is 11.9. The van der Waals surface area contributed by atoms with Crippen molar-refractivity contribution >= 4 is 5.78 Å². The van der Waals surface area contributed by atoms with Crippen LogP contribution in [0, 0.1) is 13.8 Å². The van der Waals surface area contributed by atoms with Crippen LogP contribution in [0.5, 0.6) is 0 Å². The molecule has 0 aliphatic carbocycles. The van der Waals surface area contributed by atoms with Gasteiger partial charge in [-0.25, -0.2) is 0 Å². The van der Waals surface area contributed by atoms with Crippen LogP contribution in [-0.2, 0) is 11.2 Å². The zero-order valence-electron chi connectivity index (χ0n) is 11.3. The third-order valence-corrected chi connectivity index (χ3v) is 3.07. The van der Waals surface area contributed by atoms with E-state index in [1.807, 2.05) is 19.9 Å². The zero-order valence-corrected chi connectivity index (χ0v) is 11.3. The lowest BCUT2D eigenvalue weighted by molar-refractivity contribution is -0.118. The summed E-state index contributed by atoms with van der Waals surface area (Å²) in [6, 6.07) is 6.15. The Balaban J connectivity index is 2.63. The fourth-order valence-corrected chi connectivity index (χ4v) is 1.87. The molecular formula is C15H23NO. The van der Waals surface area contributed by atoms with Crippen LogP contribution < -0.4 is 5.73 Å². The van der Waals surface area contributed by atoms with Gasteiger partial charge in [0.25, 0.3) is 0 Å². The third kappa shape index (κ3) is 4.70. The van der Waals surface area contributed by atoms with Gasteiger partial charge in [0.15, 0.2) is 0 Å². The predicted molar refractivity (Wildman–Crippen MR) is 72.1 cm³/mol. The molecule has 0 saturated carbocycles. The zero-order chi connectivity index (χ0) is 13.1. The van der Waals surface area contributed by atoms with Crippen molar-refractivity contribution in [2.75, 3.05) is 0 Å². The summed E-state index contributed by atoms with van der Waals surface area (Å²) >= 11 is 0. The van der Waals surface area contributed by atoms with Crippen LogP contribution in [0.4, 0.5) is 0 Å². The van der Waals surface area contributed by atoms with Gasteiger partial charge in [-0.05, 0) is 50.8 Å². The first-order valence-corrected chi connectivity index (χ1v) is 6.15. The van der Waals surface area contributed by atoms with Crippen LogP contribution in [-0.4, -0.2) is 11.3 Å². The van der Waals surface area contributed by atoms with E-state index in [1.54, 1.807) is 0 Å². The quantitative estimate of drug-likeness (QED) is 0.849. The van der Waals surface area contributed by atoms with Crippen LogP contribution in [0.2, 0.25) is 0 Å². The number of ketones is 1. The minimum absolute atomic E-state index is 0.254. The average Bonchev–Trinajstić information content (AvgIpc) is 2.20. The second-order valence-electron chi connectivity index (χ2n) is 5.57. The summed E-state index contributed by atoms with van der Waals surface area (Å²) in [5, 5.41) is 0. The molecule has 0 amide bonds. The van der Waals surface area contributed by atoms with Crippen molar-refractivity contribution in [2.45, 2.75) is 52.5 Å². The normalized spacial score (nSPS) is 11.6. The number of hydrogen-bond donors (Lipinski definition) is 1. The molecule has 0 bridgehead atoms. The van der Waals surface area contributed by atoms with E-state index in [4.69, 9.17) is 5.73 Å². The SMILES string of the molecule is Cc1cccc(C)c1CC(=O)CCC(C)(C)N. The second kappa shape index (κ2) is 5.46. The van der Waals surface area contributed by atoms with Gasteiger partial charge >= 0.3 is 0 Å². The molecule has 1 aromatic rings. The fraction of sp³-hybridized carbons (Fsp3) is 0.533. The van der Waals surface area contributed by atoms with Gasteiger partial charge in [0.1, 0.15) is 5.78 Å². The first kappa shape index (κ1) is 13.9. The molecular weight excluding hydrogens is 210 g/mol. The Bertz CT molecular complexity index is 382. The summed E-state index contributed by atoms with van der Waals surface area (Å²) in [6.45, 7) is 8.03. The molecule has 0 radical (unpaired) electrons. The average molecular weight is 233 g/mol. The first-order valence-electron chi connectivity index (χ1n) is 6.15. The van der Waals surface area contributed by atoms with Crippen LogP contribution >= 0.6 is 0 Å². The molecule has 0 saturated heterocycles. The highest BCUT2D eigenvalue weighted by Crippen LogP contribution is 2.16. The number of Topliss-reactive ketones (excluding diaryl/α,β-unsaturated/α-hetero) is 1. The van der Waals surface area contributed by atoms with Gasteiger partial charge in [0.2, 0.25) is 0 Å². The number of rotatable bonds is 5. The molecule has 94 valence electrons. The molecule has 2 N–H and O–H groups in total. The minimum Gasteiger partial charge on any atom is -0.326 e. The predicted octanol–water partition coefficient (Wildman–Crippen LogP) is 2.93. The number of aryl methyl sites for hydroxylation is 2. The molecule has 1 rings (SSSR count). The molecule has 1 aromatic carbocycles. The van der Waals surface area contributed by atoms with E-state index in [9.17, 15) is 4.79 Å². The second-order valence-corrected chi connectivity index (χ2v) is 5.57. The van der Waals surface area contributed by atoms with Crippen LogP contribution in [0.3, 0.4) is 0 Å². The summed E-state index contributed by atoms with van der Waals surface area (Å²) in [5.41, 5.74) is 9.20. The summed E-state index contributed by atoms with van der Waals surface area (Å²) in [5.74, 6) is 0.279. The summed E-state index contributed by atoms with van der Waals surface area (Å²) in [6.07, 6.45) is 1.85. The van der Waals surface area contributed by atoms with Crippen molar-refractivity contribution in [1.29, 1.82) is 0 Å². The fourth-order valence-electron chi connectivity index (χ4n) is 1.87. The molecule has 2 heteroatoms. The van der Waals surface area contributed by atoms with Crippen molar-refractivity contribution < 1.29 is 4.79 Å². The van der Waals surface area contributed by atoms with Crippen molar-refractivity contribution in [3.63, 3.8) is 0 Å². The number of hydrogen-bond acceptors (Lipinski definition) is 2. The lowest BCUT2D eigenvalue weighted by Gasteiger charge is -2.17. The Morgan fingerprint density at radius 3 is 2.24 bits per heavy atom. The highest BCUT2D eigenvalue weighted by Gasteiger charge is 2.14. The highest BCUT2D eigenvalue weighted by atomic mass is 16.1. The topological polar surface area (TPSA) is 43.1 Å². The molecule has 0 heterocycles. The van der Waals surface area contributed by atoms with E-state index >= 15 is 0 Å². The third-order valence-electron chi connectivity index (χ3n) is 3.07. The van der Waals surface area contributed by atoms with E-state index in [-0.39, 0.29) is 11.3 Å². The monoisotopic (exact) mass is 233 g/mol. The van der Waals surface area contributed by atoms with Gasteiger partial charge in [-0.2, -0.15) is 0 Å². The molecule has 17 heavy (non-hydrogen) atoms. The lowest BCUT2D eigenvalue weighted by Crippen LogP contribution is -2.32. The van der Waals surface area contributed by atoms with Crippen LogP contribution in [0.1, 0.15) is 43.4 Å². The lowest BCUT2D eigenvalue weighted by atomic mass is 9.93. The molecule has 0 spiro atoms. The van der Waals surface area contributed by atoms with Crippen molar-refractivity contribution in [3.05, 3.63) is 34.9 Å². The molecule has 0 aliphatic rings. The van der Waals surface area contributed by atoms with Gasteiger partial charge in [-0.3, -0.25) is 4.79 Å². The number of carbonyl (C=O) groups is 1. The van der Waals surface area contributed by atoms with Crippen molar-refractivity contribution in [2.24, 2.45) is 5.73 Å². The van der Waals surface area contributed by atoms with Crippen LogP contribution in [0.15, 0.2) is 18.2 Å². The van der Waals surface area contributed by atoms with E-state index in [2.05, 4.69) is 26.0 Å². The molecule has 0 aromatic heterocycles. The summed E-state index contributed by atoms with van der Waals surface area (Å²) in [7, 11) is 0. The largest absolute Gasteiger partial charge is 0.326 e. The Hall–Kier alpha value is -1.15. The van der Waals surface area contributed by atoms with Gasteiger partial charge < -0.3 is 5.73 Å².